The number of aryl methyl sites for hydroxylation is 1. The molecule has 2 N–H and O–H groups in total. The predicted octanol–water partition coefficient (Wildman–Crippen LogP) is 3.35. The number of nitrogens with one attached hydrogen (secondary N) is 2. The highest BCUT2D eigenvalue weighted by Gasteiger charge is 2.22. The predicted molar refractivity (Wildman–Crippen MR) is 101 cm³/mol. The van der Waals surface area contributed by atoms with Gasteiger partial charge < -0.3 is 15.5 Å². The third-order valence-corrected chi connectivity index (χ3v) is 4.53. The lowest BCUT2D eigenvalue weighted by Gasteiger charge is -2.16. The highest BCUT2D eigenvalue weighted by atomic mass is 35.5. The first-order valence-electron chi connectivity index (χ1n) is 8.23. The van der Waals surface area contributed by atoms with Crippen molar-refractivity contribution in [3.63, 3.8) is 0 Å². The third-order valence-electron chi connectivity index (χ3n) is 4.13. The SMILES string of the molecule is Cc1ccc(NC(=O)C(=O)Nc2cccc(N3CCCC3=O)c2)cc1Cl. The van der Waals surface area contributed by atoms with E-state index in [1.807, 2.05) is 6.92 Å². The van der Waals surface area contributed by atoms with Gasteiger partial charge in [-0.15, -0.1) is 0 Å². The van der Waals surface area contributed by atoms with Crippen LogP contribution in [0.25, 0.3) is 0 Å². The average Bonchev–Trinajstić information content (AvgIpc) is 3.04. The molecule has 134 valence electrons. The highest BCUT2D eigenvalue weighted by Crippen LogP contribution is 2.24. The molecule has 3 rings (SSSR count). The fourth-order valence-corrected chi connectivity index (χ4v) is 2.90. The number of carbonyl (C=O) groups excluding carboxylic acids is 3. The van der Waals surface area contributed by atoms with Crippen LogP contribution in [0.5, 0.6) is 0 Å². The van der Waals surface area contributed by atoms with E-state index in [1.54, 1.807) is 47.4 Å². The van der Waals surface area contributed by atoms with Crippen LogP contribution in [-0.4, -0.2) is 24.3 Å². The van der Waals surface area contributed by atoms with E-state index in [0.717, 1.165) is 12.0 Å². The molecule has 1 heterocycles. The van der Waals surface area contributed by atoms with Gasteiger partial charge in [0.25, 0.3) is 0 Å². The van der Waals surface area contributed by atoms with E-state index in [1.165, 1.54) is 0 Å². The molecule has 0 bridgehead atoms. The van der Waals surface area contributed by atoms with Crippen molar-refractivity contribution in [2.75, 3.05) is 22.1 Å². The van der Waals surface area contributed by atoms with E-state index < -0.39 is 11.8 Å². The van der Waals surface area contributed by atoms with Gasteiger partial charge >= 0.3 is 11.8 Å². The summed E-state index contributed by atoms with van der Waals surface area (Å²) >= 11 is 6.01. The van der Waals surface area contributed by atoms with E-state index >= 15 is 0 Å². The summed E-state index contributed by atoms with van der Waals surface area (Å²) in [5.41, 5.74) is 2.47. The molecule has 7 heteroatoms. The number of benzene rings is 2. The molecule has 0 aromatic heterocycles. The summed E-state index contributed by atoms with van der Waals surface area (Å²) in [7, 11) is 0. The van der Waals surface area contributed by atoms with Gasteiger partial charge in [-0.3, -0.25) is 14.4 Å². The van der Waals surface area contributed by atoms with Gasteiger partial charge in [0.05, 0.1) is 0 Å². The molecule has 1 aliphatic rings. The number of hydrogen-bond acceptors (Lipinski definition) is 3. The van der Waals surface area contributed by atoms with Gasteiger partial charge in [-0.2, -0.15) is 0 Å². The number of nitrogens with zero attached hydrogens (tertiary/aromatic N) is 1. The molecular formula is C19H18ClN3O3. The van der Waals surface area contributed by atoms with Crippen LogP contribution in [0.2, 0.25) is 5.02 Å². The van der Waals surface area contributed by atoms with Crippen molar-refractivity contribution >= 4 is 46.4 Å². The van der Waals surface area contributed by atoms with Crippen LogP contribution in [-0.2, 0) is 14.4 Å². The van der Waals surface area contributed by atoms with Gasteiger partial charge in [0.1, 0.15) is 0 Å². The second-order valence-corrected chi connectivity index (χ2v) is 6.48. The van der Waals surface area contributed by atoms with Gasteiger partial charge in [-0.25, -0.2) is 0 Å². The standard InChI is InChI=1S/C19H18ClN3O3/c1-12-7-8-14(11-16(12)20)22-19(26)18(25)21-13-4-2-5-15(10-13)23-9-3-6-17(23)24/h2,4-5,7-8,10-11H,3,6,9H2,1H3,(H,21,25)(H,22,26). The molecule has 26 heavy (non-hydrogen) atoms. The minimum Gasteiger partial charge on any atom is -0.318 e. The molecule has 0 saturated carbocycles. The van der Waals surface area contributed by atoms with Gasteiger partial charge in [-0.05, 0) is 49.2 Å². The molecule has 0 spiro atoms. The first-order chi connectivity index (χ1) is 12.4. The molecule has 6 nitrogen and oxygen atoms in total. The minimum atomic E-state index is -0.799. The number of carbonyl (C=O) groups is 3. The molecule has 1 aliphatic heterocycles. The van der Waals surface area contributed by atoms with Gasteiger partial charge in [-0.1, -0.05) is 23.7 Å². The summed E-state index contributed by atoms with van der Waals surface area (Å²) in [6, 6.07) is 11.9. The second kappa shape index (κ2) is 7.58. The highest BCUT2D eigenvalue weighted by molar-refractivity contribution is 6.43. The van der Waals surface area contributed by atoms with Crippen molar-refractivity contribution in [2.45, 2.75) is 19.8 Å². The summed E-state index contributed by atoms with van der Waals surface area (Å²) in [4.78, 5) is 37.7. The Morgan fingerprint density at radius 1 is 1.04 bits per heavy atom. The maximum absolute atomic E-state index is 12.1. The molecule has 0 unspecified atom stereocenters. The fourth-order valence-electron chi connectivity index (χ4n) is 2.72. The van der Waals surface area contributed by atoms with E-state index in [2.05, 4.69) is 10.6 Å². The largest absolute Gasteiger partial charge is 0.318 e. The van der Waals surface area contributed by atoms with Gasteiger partial charge in [0.15, 0.2) is 0 Å². The Bertz CT molecular complexity index is 882. The normalized spacial score (nSPS) is 13.6. The monoisotopic (exact) mass is 371 g/mol. The zero-order chi connectivity index (χ0) is 18.7. The third kappa shape index (κ3) is 4.03. The molecule has 3 amide bonds. The fraction of sp³-hybridized carbons (Fsp3) is 0.211. The maximum atomic E-state index is 12.1. The number of amides is 3. The lowest BCUT2D eigenvalue weighted by molar-refractivity contribution is -0.132. The minimum absolute atomic E-state index is 0.0578. The molecule has 0 aliphatic carbocycles. The van der Waals surface area contributed by atoms with E-state index in [-0.39, 0.29) is 5.91 Å². The van der Waals surface area contributed by atoms with Crippen LogP contribution >= 0.6 is 11.6 Å². The molecular weight excluding hydrogens is 354 g/mol. The number of hydrogen-bond donors (Lipinski definition) is 2. The van der Waals surface area contributed by atoms with Crippen LogP contribution in [0.3, 0.4) is 0 Å². The summed E-state index contributed by atoms with van der Waals surface area (Å²) in [6.45, 7) is 2.50. The summed E-state index contributed by atoms with van der Waals surface area (Å²) in [5.74, 6) is -1.54. The smallest absolute Gasteiger partial charge is 0.314 e. The Morgan fingerprint density at radius 2 is 1.73 bits per heavy atom. The molecule has 1 fully saturated rings. The van der Waals surface area contributed by atoms with Gasteiger partial charge in [0.2, 0.25) is 5.91 Å². The quantitative estimate of drug-likeness (QED) is 0.812. The molecule has 2 aromatic rings. The number of rotatable bonds is 3. The maximum Gasteiger partial charge on any atom is 0.314 e. The van der Waals surface area contributed by atoms with Crippen molar-refractivity contribution in [1.82, 2.24) is 0 Å². The number of halogens is 1. The molecule has 1 saturated heterocycles. The Balaban J connectivity index is 1.66. The zero-order valence-corrected chi connectivity index (χ0v) is 15.0. The first-order valence-corrected chi connectivity index (χ1v) is 8.61. The van der Waals surface area contributed by atoms with Crippen LogP contribution < -0.4 is 15.5 Å². The Morgan fingerprint density at radius 3 is 2.35 bits per heavy atom. The van der Waals surface area contributed by atoms with Crippen LogP contribution in [0, 0.1) is 6.92 Å². The van der Waals surface area contributed by atoms with Crippen LogP contribution in [0.4, 0.5) is 17.1 Å². The average molecular weight is 372 g/mol. The summed E-state index contributed by atoms with van der Waals surface area (Å²) in [6.07, 6.45) is 1.34. The van der Waals surface area contributed by atoms with E-state index in [0.29, 0.717) is 35.1 Å². The molecule has 0 atom stereocenters. The first kappa shape index (κ1) is 17.9. The molecule has 0 radical (unpaired) electrons. The van der Waals surface area contributed by atoms with Crippen LogP contribution in [0.1, 0.15) is 18.4 Å². The summed E-state index contributed by atoms with van der Waals surface area (Å²) in [5, 5.41) is 5.56. The van der Waals surface area contributed by atoms with Crippen molar-refractivity contribution < 1.29 is 14.4 Å². The Hall–Kier alpha value is -2.86. The van der Waals surface area contributed by atoms with Crippen molar-refractivity contribution in [3.05, 3.63) is 53.1 Å². The number of anilines is 3. The van der Waals surface area contributed by atoms with E-state index in [4.69, 9.17) is 11.6 Å². The van der Waals surface area contributed by atoms with Crippen LogP contribution in [0.15, 0.2) is 42.5 Å². The summed E-state index contributed by atoms with van der Waals surface area (Å²) < 4.78 is 0. The Labute approximate surface area is 156 Å². The lowest BCUT2D eigenvalue weighted by atomic mass is 10.2. The second-order valence-electron chi connectivity index (χ2n) is 6.07. The van der Waals surface area contributed by atoms with Crippen molar-refractivity contribution in [3.8, 4) is 0 Å². The van der Waals surface area contributed by atoms with E-state index in [9.17, 15) is 14.4 Å². The van der Waals surface area contributed by atoms with Gasteiger partial charge in [0, 0.05) is 35.1 Å². The zero-order valence-electron chi connectivity index (χ0n) is 14.2. The van der Waals surface area contributed by atoms with Crippen molar-refractivity contribution in [1.29, 1.82) is 0 Å². The van der Waals surface area contributed by atoms with Crippen molar-refractivity contribution in [2.24, 2.45) is 0 Å². The molecule has 2 aromatic carbocycles. The Kier molecular flexibility index (Phi) is 5.23. The topological polar surface area (TPSA) is 78.5 Å². The lowest BCUT2D eigenvalue weighted by Crippen LogP contribution is -2.29.